The van der Waals surface area contributed by atoms with E-state index in [1.54, 1.807) is 36.3 Å². The van der Waals surface area contributed by atoms with Crippen LogP contribution >= 0.6 is 0 Å². The van der Waals surface area contributed by atoms with E-state index in [0.29, 0.717) is 37.3 Å². The third kappa shape index (κ3) is 4.59. The number of fused-ring (bicyclic) bond motifs is 1. The van der Waals surface area contributed by atoms with Crippen LogP contribution in [0, 0.1) is 0 Å². The van der Waals surface area contributed by atoms with E-state index in [9.17, 15) is 14.4 Å². The fourth-order valence-electron chi connectivity index (χ4n) is 3.93. The highest BCUT2D eigenvalue weighted by Crippen LogP contribution is 2.24. The Morgan fingerprint density at radius 2 is 1.84 bits per heavy atom. The number of methoxy groups -OCH3 is 1. The Hall–Kier alpha value is -3.81. The van der Waals surface area contributed by atoms with E-state index in [-0.39, 0.29) is 5.91 Å². The fourth-order valence-corrected chi connectivity index (χ4v) is 3.93. The normalized spacial score (nSPS) is 13.2. The van der Waals surface area contributed by atoms with Crippen molar-refractivity contribution in [3.05, 3.63) is 59.8 Å². The number of rotatable bonds is 6. The van der Waals surface area contributed by atoms with Crippen LogP contribution in [0.5, 0.6) is 5.75 Å². The summed E-state index contributed by atoms with van der Waals surface area (Å²) in [4.78, 5) is 42.4. The maximum atomic E-state index is 12.7. The molecule has 166 valence electrons. The zero-order valence-electron chi connectivity index (χ0n) is 17.9. The van der Waals surface area contributed by atoms with Gasteiger partial charge in [-0.2, -0.15) is 0 Å². The molecule has 0 aliphatic carbocycles. The van der Waals surface area contributed by atoms with Crippen LogP contribution in [-0.4, -0.2) is 54.3 Å². The molecule has 0 saturated carbocycles. The molecule has 3 aromatic rings. The van der Waals surface area contributed by atoms with Crippen LogP contribution in [0.2, 0.25) is 0 Å². The van der Waals surface area contributed by atoms with Crippen molar-refractivity contribution >= 4 is 34.3 Å². The highest BCUT2D eigenvalue weighted by atomic mass is 16.5. The average molecular weight is 434 g/mol. The van der Waals surface area contributed by atoms with Gasteiger partial charge in [0.15, 0.2) is 0 Å². The lowest BCUT2D eigenvalue weighted by Crippen LogP contribution is -2.37. The lowest BCUT2D eigenvalue weighted by atomic mass is 10.1. The summed E-state index contributed by atoms with van der Waals surface area (Å²) in [5.41, 5.74) is 2.72. The molecule has 1 aliphatic rings. The molecule has 0 spiro atoms. The fraction of sp³-hybridized carbons (Fsp3) is 0.292. The van der Waals surface area contributed by atoms with Gasteiger partial charge in [-0.25, -0.2) is 0 Å². The number of aromatic amines is 1. The zero-order valence-corrected chi connectivity index (χ0v) is 17.9. The van der Waals surface area contributed by atoms with Gasteiger partial charge in [-0.3, -0.25) is 14.4 Å². The van der Waals surface area contributed by atoms with Crippen molar-refractivity contribution < 1.29 is 19.1 Å². The predicted octanol–water partition coefficient (Wildman–Crippen LogP) is 2.71. The van der Waals surface area contributed by atoms with Crippen molar-refractivity contribution in [1.29, 1.82) is 0 Å². The highest BCUT2D eigenvalue weighted by Gasteiger charge is 2.23. The number of hydrogen-bond donors (Lipinski definition) is 3. The molecule has 8 nitrogen and oxygen atoms in total. The Kier molecular flexibility index (Phi) is 6.39. The molecule has 1 saturated heterocycles. The van der Waals surface area contributed by atoms with Gasteiger partial charge < -0.3 is 25.3 Å². The second kappa shape index (κ2) is 9.55. The van der Waals surface area contributed by atoms with E-state index in [4.69, 9.17) is 4.74 Å². The number of aromatic nitrogens is 1. The van der Waals surface area contributed by atoms with E-state index in [1.165, 1.54) is 0 Å². The van der Waals surface area contributed by atoms with Gasteiger partial charge in [0.2, 0.25) is 0 Å². The molecule has 0 bridgehead atoms. The zero-order chi connectivity index (χ0) is 22.5. The monoisotopic (exact) mass is 434 g/mol. The average Bonchev–Trinajstić information content (AvgIpc) is 3.49. The second-order valence-electron chi connectivity index (χ2n) is 7.73. The van der Waals surface area contributed by atoms with E-state index in [1.807, 2.05) is 24.4 Å². The first-order valence-corrected chi connectivity index (χ1v) is 10.7. The molecule has 3 N–H and O–H groups in total. The van der Waals surface area contributed by atoms with Gasteiger partial charge in [0.25, 0.3) is 5.91 Å². The Morgan fingerprint density at radius 1 is 1.06 bits per heavy atom. The molecule has 2 heterocycles. The summed E-state index contributed by atoms with van der Waals surface area (Å²) in [5, 5.41) is 6.24. The number of anilines is 1. The first kappa shape index (κ1) is 21.4. The van der Waals surface area contributed by atoms with E-state index in [2.05, 4.69) is 15.6 Å². The first-order chi connectivity index (χ1) is 15.6. The number of para-hydroxylation sites is 1. The summed E-state index contributed by atoms with van der Waals surface area (Å²) < 4.78 is 5.27. The standard InChI is InChI=1S/C24H26N4O4/c1-32-17-8-9-20-19(14-17)16(15-26-20)10-11-25-22(29)23(30)27-21-7-3-2-6-18(21)24(31)28-12-4-5-13-28/h2-3,6-9,14-15,26H,4-5,10-13H2,1H3,(H,25,29)(H,27,30). The van der Waals surface area contributed by atoms with Crippen molar-refractivity contribution in [2.24, 2.45) is 0 Å². The minimum Gasteiger partial charge on any atom is -0.497 e. The topological polar surface area (TPSA) is 104 Å². The molecule has 0 radical (unpaired) electrons. The first-order valence-electron chi connectivity index (χ1n) is 10.7. The van der Waals surface area contributed by atoms with Crippen molar-refractivity contribution in [2.45, 2.75) is 19.3 Å². The molecule has 1 aliphatic heterocycles. The van der Waals surface area contributed by atoms with Crippen LogP contribution in [0.15, 0.2) is 48.7 Å². The highest BCUT2D eigenvalue weighted by molar-refractivity contribution is 6.40. The summed E-state index contributed by atoms with van der Waals surface area (Å²) in [5.74, 6) is -0.921. The van der Waals surface area contributed by atoms with E-state index >= 15 is 0 Å². The molecule has 8 heteroatoms. The van der Waals surface area contributed by atoms with Gasteiger partial charge in [0, 0.05) is 36.7 Å². The van der Waals surface area contributed by atoms with E-state index < -0.39 is 11.8 Å². The number of ether oxygens (including phenoxy) is 1. The van der Waals surface area contributed by atoms with Crippen LogP contribution in [0.3, 0.4) is 0 Å². The SMILES string of the molecule is COc1ccc2[nH]cc(CCNC(=O)C(=O)Nc3ccccc3C(=O)N3CCCC3)c2c1. The maximum Gasteiger partial charge on any atom is 0.313 e. The Morgan fingerprint density at radius 3 is 2.62 bits per heavy atom. The molecule has 32 heavy (non-hydrogen) atoms. The molecule has 1 fully saturated rings. The van der Waals surface area contributed by atoms with Crippen LogP contribution in [-0.2, 0) is 16.0 Å². The van der Waals surface area contributed by atoms with Crippen LogP contribution < -0.4 is 15.4 Å². The molecule has 1 aromatic heterocycles. The number of amides is 3. The summed E-state index contributed by atoms with van der Waals surface area (Å²) in [6, 6.07) is 12.5. The quantitative estimate of drug-likeness (QED) is 0.519. The largest absolute Gasteiger partial charge is 0.497 e. The maximum absolute atomic E-state index is 12.7. The van der Waals surface area contributed by atoms with Crippen molar-refractivity contribution in [3.63, 3.8) is 0 Å². The molecule has 0 unspecified atom stereocenters. The minimum absolute atomic E-state index is 0.131. The minimum atomic E-state index is -0.799. The number of likely N-dealkylation sites (tertiary alicyclic amines) is 1. The number of carbonyl (C=O) groups is 3. The van der Waals surface area contributed by atoms with Crippen molar-refractivity contribution in [3.8, 4) is 5.75 Å². The van der Waals surface area contributed by atoms with E-state index in [0.717, 1.165) is 35.1 Å². The third-order valence-corrected chi connectivity index (χ3v) is 5.66. The van der Waals surface area contributed by atoms with Gasteiger partial charge >= 0.3 is 11.8 Å². The third-order valence-electron chi connectivity index (χ3n) is 5.66. The van der Waals surface area contributed by atoms with Gasteiger partial charge in [0.05, 0.1) is 18.4 Å². The van der Waals surface area contributed by atoms with Gasteiger partial charge in [-0.15, -0.1) is 0 Å². The molecular formula is C24H26N4O4. The smallest absolute Gasteiger partial charge is 0.313 e. The van der Waals surface area contributed by atoms with Crippen molar-refractivity contribution in [2.75, 3.05) is 32.1 Å². The Labute approximate surface area is 185 Å². The lowest BCUT2D eigenvalue weighted by molar-refractivity contribution is -0.136. The molecule has 3 amide bonds. The number of nitrogens with one attached hydrogen (secondary N) is 3. The van der Waals surface area contributed by atoms with Gasteiger partial charge in [-0.05, 0) is 55.2 Å². The van der Waals surface area contributed by atoms with Crippen LogP contribution in [0.1, 0.15) is 28.8 Å². The molecule has 2 aromatic carbocycles. The van der Waals surface area contributed by atoms with Crippen LogP contribution in [0.25, 0.3) is 10.9 Å². The second-order valence-corrected chi connectivity index (χ2v) is 7.73. The Balaban J connectivity index is 1.35. The van der Waals surface area contributed by atoms with Crippen molar-refractivity contribution in [1.82, 2.24) is 15.2 Å². The Bertz CT molecular complexity index is 1150. The number of carbonyl (C=O) groups excluding carboxylic acids is 3. The summed E-state index contributed by atoms with van der Waals surface area (Å²) in [7, 11) is 1.61. The summed E-state index contributed by atoms with van der Waals surface area (Å²) in [6.45, 7) is 1.72. The number of nitrogens with zero attached hydrogens (tertiary/aromatic N) is 1. The number of H-pyrrole nitrogens is 1. The summed E-state index contributed by atoms with van der Waals surface area (Å²) >= 11 is 0. The lowest BCUT2D eigenvalue weighted by Gasteiger charge is -2.17. The predicted molar refractivity (Wildman–Crippen MR) is 122 cm³/mol. The molecular weight excluding hydrogens is 408 g/mol. The van der Waals surface area contributed by atoms with Gasteiger partial charge in [0.1, 0.15) is 5.75 Å². The number of benzene rings is 2. The van der Waals surface area contributed by atoms with Crippen LogP contribution in [0.4, 0.5) is 5.69 Å². The molecule has 4 rings (SSSR count). The number of hydrogen-bond acceptors (Lipinski definition) is 4. The van der Waals surface area contributed by atoms with Gasteiger partial charge in [-0.1, -0.05) is 12.1 Å². The molecule has 0 atom stereocenters. The summed E-state index contributed by atoms with van der Waals surface area (Å²) in [6.07, 6.45) is 4.39.